The number of fused-ring (bicyclic) bond motifs is 1. The average Bonchev–Trinajstić information content (AvgIpc) is 3.48. The Labute approximate surface area is 217 Å². The molecule has 0 aliphatic heterocycles. The first-order chi connectivity index (χ1) is 18.2. The maximum atomic E-state index is 12.3. The Bertz CT molecular complexity index is 1440. The molecule has 0 amide bonds. The average molecular weight is 497 g/mol. The highest BCUT2D eigenvalue weighted by Crippen LogP contribution is 2.29. The number of nitrogens with zero attached hydrogens (tertiary/aromatic N) is 3. The Kier molecular flexibility index (Phi) is 9.63. The van der Waals surface area contributed by atoms with Gasteiger partial charge in [-0.1, -0.05) is 81.4 Å². The zero-order valence-electron chi connectivity index (χ0n) is 21.9. The summed E-state index contributed by atoms with van der Waals surface area (Å²) in [7, 11) is 1.37. The topological polar surface area (TPSA) is 104 Å². The van der Waals surface area contributed by atoms with Crippen molar-refractivity contribution >= 4 is 16.9 Å². The number of hydrogen-bond acceptors (Lipinski definition) is 7. The van der Waals surface area contributed by atoms with E-state index in [-0.39, 0.29) is 0 Å². The van der Waals surface area contributed by atoms with Gasteiger partial charge in [-0.3, -0.25) is 4.98 Å². The minimum absolute atomic E-state index is 0.321. The minimum Gasteiger partial charge on any atom is -0.465 e. The van der Waals surface area contributed by atoms with Crippen LogP contribution in [0.15, 0.2) is 83.6 Å². The van der Waals surface area contributed by atoms with Crippen molar-refractivity contribution in [2.24, 2.45) is 5.73 Å². The van der Waals surface area contributed by atoms with E-state index in [0.29, 0.717) is 34.5 Å². The molecule has 190 valence electrons. The maximum absolute atomic E-state index is 12.3. The number of rotatable bonds is 5. The van der Waals surface area contributed by atoms with Gasteiger partial charge in [0.15, 0.2) is 5.76 Å². The molecule has 7 heteroatoms. The fraction of sp³-hybridized carbons (Fsp3) is 0.200. The largest absolute Gasteiger partial charge is 0.465 e. The third-order valence-corrected chi connectivity index (χ3v) is 5.47. The summed E-state index contributed by atoms with van der Waals surface area (Å²) in [6.07, 6.45) is 3.28. The fourth-order valence-electron chi connectivity index (χ4n) is 3.71. The summed E-state index contributed by atoms with van der Waals surface area (Å²) in [5.41, 5.74) is 12.2. The lowest BCUT2D eigenvalue weighted by atomic mass is 10.00. The van der Waals surface area contributed by atoms with Gasteiger partial charge in [-0.25, -0.2) is 9.78 Å². The molecular formula is C30H32N4O3. The summed E-state index contributed by atoms with van der Waals surface area (Å²) in [5.74, 6) is 0.234. The molecule has 0 atom stereocenters. The molecule has 0 unspecified atom stereocenters. The molecule has 2 N–H and O–H groups in total. The van der Waals surface area contributed by atoms with Gasteiger partial charge in [0.05, 0.1) is 30.4 Å². The van der Waals surface area contributed by atoms with E-state index in [2.05, 4.69) is 10.1 Å². The van der Waals surface area contributed by atoms with E-state index in [1.54, 1.807) is 24.5 Å². The van der Waals surface area contributed by atoms with Crippen LogP contribution >= 0.6 is 0 Å². The quantitative estimate of drug-likeness (QED) is 0.263. The molecular weight excluding hydrogens is 464 g/mol. The highest BCUT2D eigenvalue weighted by Gasteiger charge is 2.14. The van der Waals surface area contributed by atoms with E-state index in [0.717, 1.165) is 27.9 Å². The Balaban J connectivity index is 0.000000907. The molecule has 5 aromatic rings. The van der Waals surface area contributed by atoms with Crippen molar-refractivity contribution in [1.29, 1.82) is 0 Å². The number of methoxy groups -OCH3 is 1. The lowest BCUT2D eigenvalue weighted by Crippen LogP contribution is -2.04. The summed E-state index contributed by atoms with van der Waals surface area (Å²) < 4.78 is 10.1. The van der Waals surface area contributed by atoms with Crippen LogP contribution in [0.1, 0.15) is 43.8 Å². The highest BCUT2D eigenvalue weighted by atomic mass is 16.5. The standard InChI is InChI=1S/C26H20N4O3.2C2H6/c1-32-26(31)21-13-24(29-23-10-11-28-15-22(21)23)18-6-2-16(3-7-18)17-4-8-19(9-5-17)25-12-20(14-27)33-30-25;2*1-2/h2-13,15H,14,27H2,1H3;2*1-2H3. The van der Waals surface area contributed by atoms with Gasteiger partial charge in [-0.15, -0.1) is 0 Å². The second-order valence-corrected chi connectivity index (χ2v) is 7.48. The van der Waals surface area contributed by atoms with Gasteiger partial charge in [0, 0.05) is 35.0 Å². The fourth-order valence-corrected chi connectivity index (χ4v) is 3.71. The Morgan fingerprint density at radius 1 is 0.838 bits per heavy atom. The number of aromatic nitrogens is 3. The van der Waals surface area contributed by atoms with Gasteiger partial charge in [-0.05, 0) is 23.3 Å². The van der Waals surface area contributed by atoms with Gasteiger partial charge < -0.3 is 15.0 Å². The van der Waals surface area contributed by atoms with Crippen molar-refractivity contribution in [2.75, 3.05) is 7.11 Å². The van der Waals surface area contributed by atoms with Gasteiger partial charge in [0.25, 0.3) is 0 Å². The molecule has 5 rings (SSSR count). The van der Waals surface area contributed by atoms with Crippen LogP contribution in [0.4, 0.5) is 0 Å². The molecule has 0 bridgehead atoms. The molecule has 3 aromatic heterocycles. The molecule has 3 heterocycles. The normalized spacial score (nSPS) is 10.1. The highest BCUT2D eigenvalue weighted by molar-refractivity contribution is 6.04. The molecule has 0 fully saturated rings. The van der Waals surface area contributed by atoms with Crippen LogP contribution in [0.25, 0.3) is 44.5 Å². The summed E-state index contributed by atoms with van der Waals surface area (Å²) in [5, 5.41) is 4.72. The number of hydrogen-bond donors (Lipinski definition) is 1. The van der Waals surface area contributed by atoms with Crippen LogP contribution in [0, 0.1) is 0 Å². The summed E-state index contributed by atoms with van der Waals surface area (Å²) in [4.78, 5) is 21.1. The summed E-state index contributed by atoms with van der Waals surface area (Å²) in [6.45, 7) is 8.32. The monoisotopic (exact) mass is 496 g/mol. The van der Waals surface area contributed by atoms with Gasteiger partial charge >= 0.3 is 5.97 Å². The van der Waals surface area contributed by atoms with E-state index in [1.165, 1.54) is 7.11 Å². The molecule has 2 aromatic carbocycles. The van der Waals surface area contributed by atoms with E-state index in [9.17, 15) is 4.79 Å². The molecule has 0 saturated carbocycles. The summed E-state index contributed by atoms with van der Waals surface area (Å²) in [6, 6.07) is 21.5. The molecule has 0 aliphatic rings. The van der Waals surface area contributed by atoms with Gasteiger partial charge in [0.1, 0.15) is 5.69 Å². The van der Waals surface area contributed by atoms with Crippen LogP contribution in [0.2, 0.25) is 0 Å². The zero-order chi connectivity index (χ0) is 26.8. The maximum Gasteiger partial charge on any atom is 0.338 e. The van der Waals surface area contributed by atoms with Crippen molar-refractivity contribution in [1.82, 2.24) is 15.1 Å². The van der Waals surface area contributed by atoms with E-state index < -0.39 is 5.97 Å². The smallest absolute Gasteiger partial charge is 0.338 e. The second kappa shape index (κ2) is 13.1. The van der Waals surface area contributed by atoms with Crippen molar-refractivity contribution < 1.29 is 14.1 Å². The molecule has 37 heavy (non-hydrogen) atoms. The third kappa shape index (κ3) is 6.08. The number of pyridine rings is 2. The van der Waals surface area contributed by atoms with Crippen molar-refractivity contribution in [3.05, 3.63) is 90.4 Å². The number of esters is 1. The second-order valence-electron chi connectivity index (χ2n) is 7.48. The number of benzene rings is 2. The van der Waals surface area contributed by atoms with Gasteiger partial charge in [0.2, 0.25) is 0 Å². The van der Waals surface area contributed by atoms with Crippen molar-refractivity contribution in [3.63, 3.8) is 0 Å². The number of carbonyl (C=O) groups excluding carboxylic acids is 1. The number of ether oxygens (including phenoxy) is 1. The lowest BCUT2D eigenvalue weighted by Gasteiger charge is -2.09. The van der Waals surface area contributed by atoms with Crippen LogP contribution in [0.3, 0.4) is 0 Å². The van der Waals surface area contributed by atoms with Crippen LogP contribution < -0.4 is 5.73 Å². The zero-order valence-corrected chi connectivity index (χ0v) is 21.9. The van der Waals surface area contributed by atoms with Crippen molar-refractivity contribution in [2.45, 2.75) is 34.2 Å². The Morgan fingerprint density at radius 2 is 1.41 bits per heavy atom. The van der Waals surface area contributed by atoms with Crippen LogP contribution in [-0.4, -0.2) is 28.2 Å². The Morgan fingerprint density at radius 3 is 1.95 bits per heavy atom. The first-order valence-corrected chi connectivity index (χ1v) is 12.4. The predicted octanol–water partition coefficient (Wildman–Crippen LogP) is 6.92. The minimum atomic E-state index is -0.418. The number of carbonyl (C=O) groups is 1. The molecule has 7 nitrogen and oxygen atoms in total. The molecule has 0 spiro atoms. The molecule has 0 aliphatic carbocycles. The first kappa shape index (κ1) is 27.2. The SMILES string of the molecule is CC.CC.COC(=O)c1cc(-c2ccc(-c3ccc(-c4cc(CN)on4)cc3)cc2)nc2ccncc12. The van der Waals surface area contributed by atoms with E-state index in [1.807, 2.05) is 82.3 Å². The van der Waals surface area contributed by atoms with Crippen molar-refractivity contribution in [3.8, 4) is 33.6 Å². The third-order valence-electron chi connectivity index (χ3n) is 5.47. The van der Waals surface area contributed by atoms with E-state index >= 15 is 0 Å². The van der Waals surface area contributed by atoms with Crippen LogP contribution in [0.5, 0.6) is 0 Å². The van der Waals surface area contributed by atoms with Gasteiger partial charge in [-0.2, -0.15) is 0 Å². The van der Waals surface area contributed by atoms with E-state index in [4.69, 9.17) is 20.0 Å². The molecule has 0 radical (unpaired) electrons. The number of nitrogens with two attached hydrogens (primary N) is 1. The molecule has 0 saturated heterocycles. The van der Waals surface area contributed by atoms with Crippen LogP contribution in [-0.2, 0) is 11.3 Å². The summed E-state index contributed by atoms with van der Waals surface area (Å²) >= 11 is 0. The lowest BCUT2D eigenvalue weighted by molar-refractivity contribution is 0.0603. The predicted molar refractivity (Wildman–Crippen MR) is 148 cm³/mol. The first-order valence-electron chi connectivity index (χ1n) is 12.4. The Hall–Kier alpha value is -4.36.